The fraction of sp³-hybridized carbons (Fsp3) is 0.607. The maximum Gasteiger partial charge on any atom is 0.241 e. The zero-order chi connectivity index (χ0) is 22.5. The number of carbonyl (C=O) groups excluding carboxylic acids is 1. The summed E-state index contributed by atoms with van der Waals surface area (Å²) in [7, 11) is 1.76. The maximum atomic E-state index is 13.3. The smallest absolute Gasteiger partial charge is 0.241 e. The highest BCUT2D eigenvalue weighted by molar-refractivity contribution is 5.91. The molecule has 1 aromatic carbocycles. The summed E-state index contributed by atoms with van der Waals surface area (Å²) in [4.78, 5) is 15.9. The van der Waals surface area contributed by atoms with E-state index in [9.17, 15) is 4.79 Å². The Bertz CT molecular complexity index is 1080. The number of ether oxygens (including phenoxy) is 1. The molecule has 0 radical (unpaired) electrons. The molecule has 6 aliphatic rings. The Hall–Kier alpha value is -1.91. The monoisotopic (exact) mass is 432 g/mol. The van der Waals surface area contributed by atoms with Gasteiger partial charge in [-0.3, -0.25) is 9.69 Å². The van der Waals surface area contributed by atoms with Gasteiger partial charge < -0.3 is 10.1 Å². The maximum absolute atomic E-state index is 13.3. The zero-order valence-electron chi connectivity index (χ0n) is 20.2. The number of carbonyl (C=O) groups is 1. The molecule has 32 heavy (non-hydrogen) atoms. The van der Waals surface area contributed by atoms with E-state index in [2.05, 4.69) is 68.3 Å². The highest BCUT2D eigenvalue weighted by Crippen LogP contribution is 2.63. The van der Waals surface area contributed by atoms with Crippen LogP contribution in [0.3, 0.4) is 0 Å². The molecule has 0 aromatic heterocycles. The Labute approximate surface area is 192 Å². The normalized spacial score (nSPS) is 35.0. The summed E-state index contributed by atoms with van der Waals surface area (Å²) in [5.41, 5.74) is 6.68. The first-order valence-electron chi connectivity index (χ1n) is 12.3. The van der Waals surface area contributed by atoms with E-state index in [1.165, 1.54) is 22.3 Å². The van der Waals surface area contributed by atoms with Crippen LogP contribution in [0.1, 0.15) is 70.1 Å². The van der Waals surface area contributed by atoms with Gasteiger partial charge in [0.15, 0.2) is 0 Å². The second kappa shape index (κ2) is 6.36. The predicted octanol–water partition coefficient (Wildman–Crippen LogP) is 4.59. The van der Waals surface area contributed by atoms with Gasteiger partial charge in [-0.15, -0.1) is 0 Å². The van der Waals surface area contributed by atoms with Crippen molar-refractivity contribution in [1.82, 2.24) is 10.2 Å². The highest BCUT2D eigenvalue weighted by atomic mass is 16.5. The van der Waals surface area contributed by atoms with Crippen molar-refractivity contribution in [2.45, 2.75) is 76.5 Å². The molecule has 4 fully saturated rings. The largest absolute Gasteiger partial charge is 0.375 e. The molecule has 170 valence electrons. The van der Waals surface area contributed by atoms with Crippen LogP contribution in [0.15, 0.2) is 29.8 Å². The third kappa shape index (κ3) is 2.54. The average molecular weight is 433 g/mol. The lowest BCUT2D eigenvalue weighted by Crippen LogP contribution is -2.81. The second-order valence-electron chi connectivity index (χ2n) is 12.0. The highest BCUT2D eigenvalue weighted by Gasteiger charge is 2.68. The first-order valence-corrected chi connectivity index (χ1v) is 12.3. The van der Waals surface area contributed by atoms with Gasteiger partial charge in [0.05, 0.1) is 11.1 Å². The number of hydrogen-bond donors (Lipinski definition) is 1. The van der Waals surface area contributed by atoms with Gasteiger partial charge in [-0.05, 0) is 86.1 Å². The number of allylic oxidation sites excluding steroid dienone is 1. The zero-order valence-corrected chi connectivity index (χ0v) is 20.2. The minimum Gasteiger partial charge on any atom is -0.375 e. The number of rotatable bonds is 3. The molecule has 1 N–H and O–H groups in total. The van der Waals surface area contributed by atoms with Gasteiger partial charge in [0, 0.05) is 13.7 Å². The van der Waals surface area contributed by atoms with Crippen molar-refractivity contribution in [1.29, 1.82) is 0 Å². The summed E-state index contributed by atoms with van der Waals surface area (Å²) in [6.07, 6.45) is 9.60. The minimum atomic E-state index is -0.282. The Kier molecular flexibility index (Phi) is 4.11. The van der Waals surface area contributed by atoms with Gasteiger partial charge in [-0.1, -0.05) is 49.8 Å². The summed E-state index contributed by atoms with van der Waals surface area (Å²) in [6, 6.07) is 6.73. The van der Waals surface area contributed by atoms with Crippen LogP contribution in [0, 0.1) is 11.3 Å². The van der Waals surface area contributed by atoms with E-state index in [4.69, 9.17) is 4.74 Å². The lowest BCUT2D eigenvalue weighted by atomic mass is 9.50. The average Bonchev–Trinajstić information content (AvgIpc) is 3.34. The minimum absolute atomic E-state index is 0.0781. The van der Waals surface area contributed by atoms with Crippen LogP contribution >= 0.6 is 0 Å². The standard InChI is InChI=1S/C28H36N2O2/c1-25(2,32-5)12-10-18-8-6-9-19-20(18)14-22-21(19)15-27-17-30-13-7-11-28(30,24(31)29-27)16-23(27)26(22,3)4/h6,8-10,12,23H,7,11,13-17H2,1-5H3,(H,29,31)/b12-10+/t23-,27?,28?/m0/s1. The molecule has 4 saturated heterocycles. The van der Waals surface area contributed by atoms with Crippen molar-refractivity contribution < 1.29 is 9.53 Å². The molecule has 2 bridgehead atoms. The van der Waals surface area contributed by atoms with Gasteiger partial charge >= 0.3 is 0 Å². The number of piperazine rings is 1. The van der Waals surface area contributed by atoms with E-state index in [1.54, 1.807) is 12.7 Å². The van der Waals surface area contributed by atoms with Crippen LogP contribution in [0.5, 0.6) is 0 Å². The Morgan fingerprint density at radius 2 is 2.09 bits per heavy atom. The number of nitrogens with zero attached hydrogens (tertiary/aromatic N) is 1. The topological polar surface area (TPSA) is 41.6 Å². The Morgan fingerprint density at radius 1 is 1.28 bits per heavy atom. The number of fused-ring (bicyclic) bond motifs is 3. The van der Waals surface area contributed by atoms with Crippen LogP contribution < -0.4 is 5.32 Å². The third-order valence-corrected chi connectivity index (χ3v) is 9.68. The van der Waals surface area contributed by atoms with Gasteiger partial charge in [0.2, 0.25) is 5.91 Å². The lowest BCUT2D eigenvalue weighted by molar-refractivity contribution is -0.161. The predicted molar refractivity (Wildman–Crippen MR) is 128 cm³/mol. The molecular weight excluding hydrogens is 396 g/mol. The summed E-state index contributed by atoms with van der Waals surface area (Å²) < 4.78 is 5.61. The van der Waals surface area contributed by atoms with Crippen LogP contribution in [-0.4, -0.2) is 47.7 Å². The Morgan fingerprint density at radius 3 is 2.88 bits per heavy atom. The number of hydrogen-bond acceptors (Lipinski definition) is 3. The number of piperidine rings is 2. The fourth-order valence-corrected chi connectivity index (χ4v) is 7.76. The van der Waals surface area contributed by atoms with Crippen molar-refractivity contribution in [3.05, 3.63) is 46.5 Å². The SMILES string of the molecule is COC(C)(C)/C=C/c1cccc2c1CC1=C2CC23CN4CCCC4(C[C@H]2C1(C)C)C(=O)N3. The van der Waals surface area contributed by atoms with Gasteiger partial charge in [-0.2, -0.15) is 0 Å². The summed E-state index contributed by atoms with van der Waals surface area (Å²) >= 11 is 0. The van der Waals surface area contributed by atoms with Crippen LogP contribution in [0.25, 0.3) is 11.6 Å². The molecule has 4 aliphatic heterocycles. The lowest BCUT2D eigenvalue weighted by Gasteiger charge is -2.66. The van der Waals surface area contributed by atoms with Crippen molar-refractivity contribution in [2.75, 3.05) is 20.2 Å². The van der Waals surface area contributed by atoms with Crippen molar-refractivity contribution >= 4 is 17.6 Å². The molecule has 0 saturated carbocycles. The van der Waals surface area contributed by atoms with Crippen LogP contribution in [0.2, 0.25) is 0 Å². The van der Waals surface area contributed by atoms with Crippen molar-refractivity contribution in [3.8, 4) is 0 Å². The molecule has 4 nitrogen and oxygen atoms in total. The van der Waals surface area contributed by atoms with E-state index in [0.29, 0.717) is 11.8 Å². The molecule has 2 aliphatic carbocycles. The quantitative estimate of drug-likeness (QED) is 0.760. The van der Waals surface area contributed by atoms with E-state index in [0.717, 1.165) is 45.2 Å². The fourth-order valence-electron chi connectivity index (χ4n) is 7.76. The molecule has 4 heteroatoms. The van der Waals surface area contributed by atoms with Crippen LogP contribution in [-0.2, 0) is 16.0 Å². The van der Waals surface area contributed by atoms with Crippen molar-refractivity contribution in [3.63, 3.8) is 0 Å². The number of benzene rings is 1. The molecule has 2 unspecified atom stereocenters. The summed E-state index contributed by atoms with van der Waals surface area (Å²) in [6.45, 7) is 11.2. The first-order chi connectivity index (χ1) is 15.1. The molecular formula is C28H36N2O2. The summed E-state index contributed by atoms with van der Waals surface area (Å²) in [5.74, 6) is 0.801. The van der Waals surface area contributed by atoms with Gasteiger partial charge in [0.1, 0.15) is 5.54 Å². The second-order valence-corrected chi connectivity index (χ2v) is 12.0. The molecule has 4 heterocycles. The Balaban J connectivity index is 1.43. The van der Waals surface area contributed by atoms with Crippen LogP contribution in [0.4, 0.5) is 0 Å². The van der Waals surface area contributed by atoms with Gasteiger partial charge in [0.25, 0.3) is 0 Å². The van der Waals surface area contributed by atoms with E-state index >= 15 is 0 Å². The first kappa shape index (κ1) is 20.7. The molecule has 3 atom stereocenters. The van der Waals surface area contributed by atoms with E-state index < -0.39 is 0 Å². The molecule has 1 aromatic rings. The number of amides is 1. The summed E-state index contributed by atoms with van der Waals surface area (Å²) in [5, 5.41) is 3.61. The van der Waals surface area contributed by atoms with Crippen molar-refractivity contribution in [2.24, 2.45) is 11.3 Å². The van der Waals surface area contributed by atoms with E-state index in [1.807, 2.05) is 0 Å². The number of nitrogens with one attached hydrogen (secondary N) is 1. The number of methoxy groups -OCH3 is 1. The van der Waals surface area contributed by atoms with E-state index in [-0.39, 0.29) is 22.1 Å². The van der Waals surface area contributed by atoms with Gasteiger partial charge in [-0.25, -0.2) is 0 Å². The molecule has 1 amide bonds. The molecule has 7 rings (SSSR count). The molecule has 2 spiro atoms. The third-order valence-electron chi connectivity index (χ3n) is 9.68.